The van der Waals surface area contributed by atoms with Crippen molar-refractivity contribution >= 4 is 5.91 Å². The van der Waals surface area contributed by atoms with Gasteiger partial charge < -0.3 is 10.4 Å². The molecule has 0 aromatic rings. The van der Waals surface area contributed by atoms with Crippen molar-refractivity contribution in [3.05, 3.63) is 0 Å². The number of carbonyl (C=O) groups excluding carboxylic acids is 1. The topological polar surface area (TPSA) is 76.4 Å². The van der Waals surface area contributed by atoms with E-state index >= 15 is 0 Å². The quantitative estimate of drug-likeness (QED) is 0.782. The minimum absolute atomic E-state index is 0.0763. The molecule has 0 bridgehead atoms. The normalized spacial score (nSPS) is 30.2. The van der Waals surface area contributed by atoms with E-state index in [-0.39, 0.29) is 18.6 Å². The fourth-order valence-electron chi connectivity index (χ4n) is 3.31. The summed E-state index contributed by atoms with van der Waals surface area (Å²) in [7, 11) is 0. The predicted molar refractivity (Wildman–Crippen MR) is 71.2 cm³/mol. The fourth-order valence-corrected chi connectivity index (χ4v) is 3.31. The number of nitriles is 1. The predicted octanol–water partition coefficient (Wildman–Crippen LogP) is 0.642. The summed E-state index contributed by atoms with van der Waals surface area (Å²) in [4.78, 5) is 14.1. The summed E-state index contributed by atoms with van der Waals surface area (Å²) in [5.74, 6) is 0.338. The van der Waals surface area contributed by atoms with E-state index in [1.165, 1.54) is 0 Å². The summed E-state index contributed by atoms with van der Waals surface area (Å²) in [6, 6.07) is 2.34. The third kappa shape index (κ3) is 3.07. The Labute approximate surface area is 114 Å². The largest absolute Gasteiger partial charge is 0.395 e. The lowest BCUT2D eigenvalue weighted by atomic mass is 10.00. The number of amides is 1. The minimum Gasteiger partial charge on any atom is -0.395 e. The van der Waals surface area contributed by atoms with Gasteiger partial charge in [-0.25, -0.2) is 0 Å². The zero-order chi connectivity index (χ0) is 13.9. The van der Waals surface area contributed by atoms with Gasteiger partial charge in [-0.1, -0.05) is 6.92 Å². The van der Waals surface area contributed by atoms with Gasteiger partial charge in [-0.15, -0.1) is 0 Å². The number of carbonyl (C=O) groups is 1. The van der Waals surface area contributed by atoms with Crippen LogP contribution in [0.25, 0.3) is 0 Å². The molecule has 1 saturated heterocycles. The molecule has 1 amide bonds. The molecule has 5 nitrogen and oxygen atoms in total. The molecule has 2 N–H and O–H groups in total. The van der Waals surface area contributed by atoms with Gasteiger partial charge in [0, 0.05) is 6.04 Å². The van der Waals surface area contributed by atoms with Crippen molar-refractivity contribution in [2.45, 2.75) is 50.6 Å². The number of hydrogen-bond donors (Lipinski definition) is 2. The third-order valence-corrected chi connectivity index (χ3v) is 4.58. The number of nitrogens with zero attached hydrogens (tertiary/aromatic N) is 2. The Hall–Kier alpha value is -1.12. The van der Waals surface area contributed by atoms with E-state index in [2.05, 4.69) is 18.3 Å². The molecule has 19 heavy (non-hydrogen) atoms. The molecule has 1 heterocycles. The standard InChI is InChI=1S/C14H23N3O2/c1-11-4-7-17(12(11)9-18)8-13(19)16-14(10-15)5-2-3-6-14/h11-12,18H,2-9H2,1H3,(H,16,19). The maximum absolute atomic E-state index is 12.1. The molecule has 0 spiro atoms. The maximum Gasteiger partial charge on any atom is 0.235 e. The van der Waals surface area contributed by atoms with Crippen LogP contribution in [0.1, 0.15) is 39.0 Å². The van der Waals surface area contributed by atoms with Crippen molar-refractivity contribution in [1.29, 1.82) is 5.26 Å². The van der Waals surface area contributed by atoms with Crippen molar-refractivity contribution in [2.24, 2.45) is 5.92 Å². The summed E-state index contributed by atoms with van der Waals surface area (Å²) >= 11 is 0. The van der Waals surface area contributed by atoms with Crippen LogP contribution in [-0.4, -0.2) is 47.2 Å². The molecule has 1 aliphatic carbocycles. The van der Waals surface area contributed by atoms with Crippen molar-refractivity contribution in [1.82, 2.24) is 10.2 Å². The third-order valence-electron chi connectivity index (χ3n) is 4.58. The number of nitrogens with one attached hydrogen (secondary N) is 1. The number of aliphatic hydroxyl groups is 1. The van der Waals surface area contributed by atoms with Gasteiger partial charge in [-0.2, -0.15) is 5.26 Å². The van der Waals surface area contributed by atoms with Crippen LogP contribution in [-0.2, 0) is 4.79 Å². The number of aliphatic hydroxyl groups excluding tert-OH is 1. The molecule has 5 heteroatoms. The monoisotopic (exact) mass is 265 g/mol. The van der Waals surface area contributed by atoms with Gasteiger partial charge in [0.05, 0.1) is 19.2 Å². The van der Waals surface area contributed by atoms with Gasteiger partial charge in [0.2, 0.25) is 5.91 Å². The first-order chi connectivity index (χ1) is 9.10. The average Bonchev–Trinajstić information content (AvgIpc) is 2.97. The molecule has 0 radical (unpaired) electrons. The second kappa shape index (κ2) is 5.89. The van der Waals surface area contributed by atoms with Crippen molar-refractivity contribution in [3.63, 3.8) is 0 Å². The fraction of sp³-hybridized carbons (Fsp3) is 0.857. The Morgan fingerprint density at radius 1 is 1.53 bits per heavy atom. The molecule has 1 saturated carbocycles. The van der Waals surface area contributed by atoms with Crippen LogP contribution >= 0.6 is 0 Å². The van der Waals surface area contributed by atoms with Crippen molar-refractivity contribution in [3.8, 4) is 6.07 Å². The first-order valence-electron chi connectivity index (χ1n) is 7.17. The van der Waals surface area contributed by atoms with E-state index in [1.807, 2.05) is 4.90 Å². The summed E-state index contributed by atoms with van der Waals surface area (Å²) < 4.78 is 0. The Kier molecular flexibility index (Phi) is 4.43. The molecule has 106 valence electrons. The highest BCUT2D eigenvalue weighted by atomic mass is 16.3. The minimum atomic E-state index is -0.642. The lowest BCUT2D eigenvalue weighted by Gasteiger charge is -2.27. The first kappa shape index (κ1) is 14.3. The van der Waals surface area contributed by atoms with Gasteiger partial charge in [0.1, 0.15) is 5.54 Å². The van der Waals surface area contributed by atoms with Gasteiger partial charge in [0.25, 0.3) is 0 Å². The highest BCUT2D eigenvalue weighted by Crippen LogP contribution is 2.29. The summed E-state index contributed by atoms with van der Waals surface area (Å²) in [5.41, 5.74) is -0.642. The van der Waals surface area contributed by atoms with Crippen LogP contribution < -0.4 is 5.32 Å². The Bertz CT molecular complexity index is 371. The van der Waals surface area contributed by atoms with E-state index < -0.39 is 5.54 Å². The molecule has 2 fully saturated rings. The van der Waals surface area contributed by atoms with Crippen LogP contribution in [0.2, 0.25) is 0 Å². The Morgan fingerprint density at radius 2 is 2.21 bits per heavy atom. The van der Waals surface area contributed by atoms with E-state index in [1.54, 1.807) is 0 Å². The second-order valence-electron chi connectivity index (χ2n) is 5.94. The van der Waals surface area contributed by atoms with Crippen LogP contribution in [0.5, 0.6) is 0 Å². The van der Waals surface area contributed by atoms with Crippen LogP contribution in [0.4, 0.5) is 0 Å². The SMILES string of the molecule is CC1CCN(CC(=O)NC2(C#N)CCCC2)C1CO. The highest BCUT2D eigenvalue weighted by molar-refractivity contribution is 5.79. The van der Waals surface area contributed by atoms with Gasteiger partial charge >= 0.3 is 0 Å². The molecular formula is C14H23N3O2. The van der Waals surface area contributed by atoms with E-state index in [4.69, 9.17) is 0 Å². The van der Waals surface area contributed by atoms with Crippen molar-refractivity contribution in [2.75, 3.05) is 19.7 Å². The molecule has 0 aromatic heterocycles. The van der Waals surface area contributed by atoms with Gasteiger partial charge in [0.15, 0.2) is 0 Å². The highest BCUT2D eigenvalue weighted by Gasteiger charge is 2.37. The summed E-state index contributed by atoms with van der Waals surface area (Å²) in [6.07, 6.45) is 4.55. The molecule has 0 aromatic carbocycles. The Balaban J connectivity index is 1.89. The molecule has 2 atom stereocenters. The molecule has 2 aliphatic rings. The maximum atomic E-state index is 12.1. The summed E-state index contributed by atoms with van der Waals surface area (Å²) in [5, 5.41) is 21.5. The molecule has 2 rings (SSSR count). The number of hydrogen-bond acceptors (Lipinski definition) is 4. The lowest BCUT2D eigenvalue weighted by molar-refractivity contribution is -0.124. The molecule has 2 unspecified atom stereocenters. The molecular weight excluding hydrogens is 242 g/mol. The zero-order valence-corrected chi connectivity index (χ0v) is 11.6. The van der Waals surface area contributed by atoms with Crippen molar-refractivity contribution < 1.29 is 9.90 Å². The smallest absolute Gasteiger partial charge is 0.235 e. The van der Waals surface area contributed by atoms with Crippen LogP contribution in [0.3, 0.4) is 0 Å². The lowest BCUT2D eigenvalue weighted by Crippen LogP contribution is -2.50. The van der Waals surface area contributed by atoms with Crippen LogP contribution in [0.15, 0.2) is 0 Å². The first-order valence-corrected chi connectivity index (χ1v) is 7.17. The summed E-state index contributed by atoms with van der Waals surface area (Å²) in [6.45, 7) is 3.34. The number of likely N-dealkylation sites (tertiary alicyclic amines) is 1. The zero-order valence-electron chi connectivity index (χ0n) is 11.6. The number of rotatable bonds is 4. The Morgan fingerprint density at radius 3 is 2.79 bits per heavy atom. The average molecular weight is 265 g/mol. The van der Waals surface area contributed by atoms with Gasteiger partial charge in [-0.05, 0) is 44.6 Å². The van der Waals surface area contributed by atoms with E-state index in [9.17, 15) is 15.2 Å². The molecule has 1 aliphatic heterocycles. The van der Waals surface area contributed by atoms with Crippen LogP contribution in [0, 0.1) is 17.2 Å². The van der Waals surface area contributed by atoms with E-state index in [0.29, 0.717) is 12.5 Å². The van der Waals surface area contributed by atoms with E-state index in [0.717, 1.165) is 38.6 Å². The second-order valence-corrected chi connectivity index (χ2v) is 5.94. The van der Waals surface area contributed by atoms with Gasteiger partial charge in [-0.3, -0.25) is 9.69 Å².